The summed E-state index contributed by atoms with van der Waals surface area (Å²) in [5.41, 5.74) is -0.437. The molecule has 2 aliphatic rings. The van der Waals surface area contributed by atoms with Crippen molar-refractivity contribution in [3.05, 3.63) is 0 Å². The summed E-state index contributed by atoms with van der Waals surface area (Å²) in [7, 11) is 0. The molecule has 0 unspecified atom stereocenters. The predicted molar refractivity (Wildman–Crippen MR) is 70.4 cm³/mol. The number of hydrogen-bond acceptors (Lipinski definition) is 4. The Hall–Kier alpha value is -0.196. The van der Waals surface area contributed by atoms with Crippen molar-refractivity contribution < 1.29 is 47.0 Å². The van der Waals surface area contributed by atoms with Crippen LogP contribution in [0, 0.1) is 0 Å². The van der Waals surface area contributed by atoms with Crippen LogP contribution in [-0.2, 0) is 42.2 Å². The third-order valence-electron chi connectivity index (χ3n) is 3.47. The zero-order valence-electron chi connectivity index (χ0n) is 12.5. The van der Waals surface area contributed by atoms with Crippen LogP contribution in [0.4, 0.5) is 4.79 Å². The summed E-state index contributed by atoms with van der Waals surface area (Å²) in [6.07, 6.45) is 1.69. The molecule has 0 atom stereocenters. The van der Waals surface area contributed by atoms with Gasteiger partial charge < -0.3 is 19.3 Å². The Labute approximate surface area is 145 Å². The Kier molecular flexibility index (Phi) is 6.41. The summed E-state index contributed by atoms with van der Waals surface area (Å²) in [5.74, 6) is 0. The molecule has 2 amide bonds. The number of amides is 2. The van der Waals surface area contributed by atoms with Crippen LogP contribution < -0.4 is 0 Å². The Morgan fingerprint density at radius 3 is 2.15 bits per heavy atom. The predicted octanol–water partition coefficient (Wildman–Crippen LogP) is 0.288. The van der Waals surface area contributed by atoms with Gasteiger partial charge in [0.05, 0.1) is 0 Å². The van der Waals surface area contributed by atoms with Crippen LogP contribution in [0.1, 0.15) is 20.8 Å². The van der Waals surface area contributed by atoms with Gasteiger partial charge in [-0.3, -0.25) is 4.90 Å². The SMILES string of the molecule is CC(C)(C)OC(=O)N1CC(N2CCN([C-]=O)CC2)C1.[Y]. The summed E-state index contributed by atoms with van der Waals surface area (Å²) in [6, 6.07) is 0.404. The van der Waals surface area contributed by atoms with Gasteiger partial charge in [0, 0.05) is 78.0 Å². The topological polar surface area (TPSA) is 53.1 Å². The van der Waals surface area contributed by atoms with Crippen molar-refractivity contribution in [2.45, 2.75) is 32.4 Å². The van der Waals surface area contributed by atoms with Crippen LogP contribution in [0.3, 0.4) is 0 Å². The first-order chi connectivity index (χ1) is 8.89. The van der Waals surface area contributed by atoms with Crippen LogP contribution in [0.5, 0.6) is 0 Å². The summed E-state index contributed by atoms with van der Waals surface area (Å²) in [5, 5.41) is 0. The molecule has 0 bridgehead atoms. The van der Waals surface area contributed by atoms with Gasteiger partial charge in [-0.1, -0.05) is 0 Å². The van der Waals surface area contributed by atoms with Crippen LogP contribution in [0.2, 0.25) is 0 Å². The Bertz CT molecular complexity index is 345. The van der Waals surface area contributed by atoms with Crippen molar-refractivity contribution in [2.24, 2.45) is 0 Å². The molecule has 2 saturated heterocycles. The monoisotopic (exact) mass is 357 g/mol. The molecule has 0 aromatic carbocycles. The standard InChI is InChI=1S/C13H22N3O3.Y/c1-13(2,3)19-12(18)16-8-11(9-16)15-6-4-14(10-17)5-7-15;/h11H,4-9H2,1-3H3;/q-1;. The molecule has 0 N–H and O–H groups in total. The van der Waals surface area contributed by atoms with Crippen molar-refractivity contribution in [3.8, 4) is 0 Å². The first kappa shape index (κ1) is 17.9. The average molecular weight is 357 g/mol. The second-order valence-corrected chi connectivity index (χ2v) is 6.15. The molecule has 7 heteroatoms. The van der Waals surface area contributed by atoms with E-state index in [9.17, 15) is 9.59 Å². The molecule has 2 fully saturated rings. The van der Waals surface area contributed by atoms with Gasteiger partial charge in [-0.25, -0.2) is 4.79 Å². The molecule has 6 nitrogen and oxygen atoms in total. The fourth-order valence-corrected chi connectivity index (χ4v) is 2.34. The summed E-state index contributed by atoms with van der Waals surface area (Å²) in [6.45, 7) is 10.2. The van der Waals surface area contributed by atoms with E-state index in [2.05, 4.69) is 4.90 Å². The second-order valence-electron chi connectivity index (χ2n) is 6.15. The van der Waals surface area contributed by atoms with E-state index in [4.69, 9.17) is 4.74 Å². The van der Waals surface area contributed by atoms with Crippen molar-refractivity contribution >= 4 is 12.5 Å². The number of nitrogens with zero attached hydrogens (tertiary/aromatic N) is 3. The number of rotatable bonds is 2. The Morgan fingerprint density at radius 1 is 1.15 bits per heavy atom. The fraction of sp³-hybridized carbons (Fsp3) is 0.846. The van der Waals surface area contributed by atoms with E-state index in [0.29, 0.717) is 6.04 Å². The molecule has 0 aliphatic carbocycles. The molecule has 111 valence electrons. The van der Waals surface area contributed by atoms with Gasteiger partial charge in [0.2, 0.25) is 0 Å². The zero-order chi connectivity index (χ0) is 14.0. The Balaban J connectivity index is 0.00000200. The molecule has 2 heterocycles. The molecule has 0 aromatic rings. The largest absolute Gasteiger partial charge is 0.520 e. The molecule has 2 aliphatic heterocycles. The maximum Gasteiger partial charge on any atom is 0.410 e. The van der Waals surface area contributed by atoms with E-state index in [1.807, 2.05) is 27.2 Å². The van der Waals surface area contributed by atoms with E-state index < -0.39 is 5.60 Å². The molecule has 0 saturated carbocycles. The number of carbonyl (C=O) groups is 1. The number of piperazine rings is 1. The fourth-order valence-electron chi connectivity index (χ4n) is 2.34. The van der Waals surface area contributed by atoms with E-state index in [1.165, 1.54) is 0 Å². The van der Waals surface area contributed by atoms with Crippen LogP contribution in [-0.4, -0.2) is 78.1 Å². The zero-order valence-corrected chi connectivity index (χ0v) is 15.3. The minimum absolute atomic E-state index is 0. The van der Waals surface area contributed by atoms with Gasteiger partial charge in [-0.05, 0) is 20.8 Å². The first-order valence-electron chi connectivity index (χ1n) is 6.74. The Morgan fingerprint density at radius 2 is 1.70 bits per heavy atom. The van der Waals surface area contributed by atoms with Crippen molar-refractivity contribution in [1.29, 1.82) is 0 Å². The molecule has 1 radical (unpaired) electrons. The number of ether oxygens (including phenoxy) is 1. The van der Waals surface area contributed by atoms with Crippen molar-refractivity contribution in [1.82, 2.24) is 14.7 Å². The molecule has 0 spiro atoms. The third kappa shape index (κ3) is 4.67. The van der Waals surface area contributed by atoms with Gasteiger partial charge in [0.1, 0.15) is 5.60 Å². The summed E-state index contributed by atoms with van der Waals surface area (Å²) in [4.78, 5) is 28.0. The normalized spacial score (nSPS) is 20.9. The quantitative estimate of drug-likeness (QED) is 0.667. The minimum Gasteiger partial charge on any atom is -0.520 e. The van der Waals surface area contributed by atoms with Crippen molar-refractivity contribution in [3.63, 3.8) is 0 Å². The summed E-state index contributed by atoms with van der Waals surface area (Å²) < 4.78 is 5.32. The second kappa shape index (κ2) is 7.18. The number of carbonyl (C=O) groups excluding carboxylic acids is 2. The molecule has 2 rings (SSSR count). The molecule has 20 heavy (non-hydrogen) atoms. The van der Waals surface area contributed by atoms with E-state index in [0.717, 1.165) is 39.3 Å². The first-order valence-corrected chi connectivity index (χ1v) is 6.74. The van der Waals surface area contributed by atoms with Crippen molar-refractivity contribution in [2.75, 3.05) is 39.3 Å². The van der Waals surface area contributed by atoms with E-state index in [-0.39, 0.29) is 38.8 Å². The van der Waals surface area contributed by atoms with Gasteiger partial charge in [-0.15, -0.1) is 0 Å². The molecular formula is C13H22N3O3Y-. The smallest absolute Gasteiger partial charge is 0.410 e. The van der Waals surface area contributed by atoms with Crippen LogP contribution in [0.15, 0.2) is 0 Å². The van der Waals surface area contributed by atoms with Crippen LogP contribution >= 0.6 is 0 Å². The maximum absolute atomic E-state index is 11.8. The minimum atomic E-state index is -0.437. The van der Waals surface area contributed by atoms with Gasteiger partial charge >= 0.3 is 6.09 Å². The van der Waals surface area contributed by atoms with Gasteiger partial charge in [-0.2, -0.15) is 6.41 Å². The molecule has 0 aromatic heterocycles. The van der Waals surface area contributed by atoms with E-state index in [1.54, 1.807) is 9.80 Å². The van der Waals surface area contributed by atoms with E-state index >= 15 is 0 Å². The summed E-state index contributed by atoms with van der Waals surface area (Å²) >= 11 is 0. The molecular weight excluding hydrogens is 335 g/mol. The van der Waals surface area contributed by atoms with Gasteiger partial charge in [0.15, 0.2) is 0 Å². The number of likely N-dealkylation sites (tertiary alicyclic amines) is 1. The average Bonchev–Trinajstić information content (AvgIpc) is 2.25. The maximum atomic E-state index is 11.8. The number of hydrogen-bond donors (Lipinski definition) is 0. The third-order valence-corrected chi connectivity index (χ3v) is 3.47. The van der Waals surface area contributed by atoms with Crippen LogP contribution in [0.25, 0.3) is 0 Å². The van der Waals surface area contributed by atoms with Gasteiger partial charge in [0.25, 0.3) is 0 Å².